The maximum absolute atomic E-state index is 11.2. The number of methoxy groups -OCH3 is 2. The first-order chi connectivity index (χ1) is 10.1. The quantitative estimate of drug-likeness (QED) is 0.874. The molecule has 1 N–H and O–H groups in total. The van der Waals surface area contributed by atoms with Crippen LogP contribution < -0.4 is 14.2 Å². The molecule has 7 nitrogen and oxygen atoms in total. The van der Waals surface area contributed by atoms with Crippen LogP contribution in [-0.4, -0.2) is 36.9 Å². The van der Waals surface area contributed by atoms with Crippen LogP contribution in [0.2, 0.25) is 0 Å². The summed E-state index contributed by atoms with van der Waals surface area (Å²) in [5.74, 6) is -0.220. The van der Waals surface area contributed by atoms with E-state index >= 15 is 0 Å². The van der Waals surface area contributed by atoms with Gasteiger partial charge in [-0.1, -0.05) is 0 Å². The minimum atomic E-state index is -1.23. The zero-order valence-electron chi connectivity index (χ0n) is 11.9. The predicted molar refractivity (Wildman–Crippen MR) is 73.2 cm³/mol. The fraction of sp³-hybridized carbons (Fsp3) is 0.286. The van der Waals surface area contributed by atoms with Crippen molar-refractivity contribution in [2.24, 2.45) is 0 Å². The number of carboxylic acid groups (broad SMARTS) is 1. The minimum absolute atomic E-state index is 0.0894. The van der Waals surface area contributed by atoms with E-state index in [1.54, 1.807) is 25.1 Å². The van der Waals surface area contributed by atoms with E-state index in [-0.39, 0.29) is 24.1 Å². The highest BCUT2D eigenvalue weighted by molar-refractivity contribution is 5.88. The number of rotatable bonds is 6. The molecule has 0 saturated heterocycles. The SMILES string of the molecule is CCOc1oc(-c2cc(OC)ccc2OC)nc1C(=O)O. The van der Waals surface area contributed by atoms with Crippen molar-refractivity contribution < 1.29 is 28.5 Å². The molecule has 0 bridgehead atoms. The third kappa shape index (κ3) is 2.91. The average Bonchev–Trinajstić information content (AvgIpc) is 2.91. The molecule has 0 saturated carbocycles. The number of nitrogens with zero attached hydrogens (tertiary/aromatic N) is 1. The molecule has 0 radical (unpaired) electrons. The normalized spacial score (nSPS) is 10.2. The Morgan fingerprint density at radius 1 is 1.33 bits per heavy atom. The van der Waals surface area contributed by atoms with Gasteiger partial charge >= 0.3 is 11.9 Å². The summed E-state index contributed by atoms with van der Waals surface area (Å²) >= 11 is 0. The molecule has 1 aromatic carbocycles. The van der Waals surface area contributed by atoms with Crippen molar-refractivity contribution in [1.29, 1.82) is 0 Å². The molecule has 2 aromatic rings. The van der Waals surface area contributed by atoms with Gasteiger partial charge in [0, 0.05) is 0 Å². The maximum Gasteiger partial charge on any atom is 0.362 e. The molecule has 1 heterocycles. The van der Waals surface area contributed by atoms with Gasteiger partial charge in [-0.15, -0.1) is 0 Å². The summed E-state index contributed by atoms with van der Waals surface area (Å²) in [6, 6.07) is 5.04. The van der Waals surface area contributed by atoms with Crippen molar-refractivity contribution >= 4 is 5.97 Å². The number of carboxylic acids is 1. The molecule has 0 atom stereocenters. The van der Waals surface area contributed by atoms with E-state index in [0.717, 1.165) is 0 Å². The number of ether oxygens (including phenoxy) is 3. The summed E-state index contributed by atoms with van der Waals surface area (Å²) in [4.78, 5) is 15.1. The van der Waals surface area contributed by atoms with E-state index in [9.17, 15) is 4.79 Å². The average molecular weight is 293 g/mol. The van der Waals surface area contributed by atoms with Crippen LogP contribution in [0.5, 0.6) is 17.4 Å². The number of hydrogen-bond acceptors (Lipinski definition) is 6. The van der Waals surface area contributed by atoms with Crippen molar-refractivity contribution in [2.75, 3.05) is 20.8 Å². The Labute approximate surface area is 121 Å². The van der Waals surface area contributed by atoms with Gasteiger partial charge in [-0.05, 0) is 25.1 Å². The molecule has 0 spiro atoms. The standard InChI is InChI=1S/C14H15NO6/c1-4-20-14-11(13(16)17)15-12(21-14)9-7-8(18-2)5-6-10(9)19-3/h5-7H,4H2,1-3H3,(H,16,17). The van der Waals surface area contributed by atoms with Crippen molar-refractivity contribution in [3.8, 4) is 28.9 Å². The van der Waals surface area contributed by atoms with Gasteiger partial charge in [0.05, 0.1) is 26.4 Å². The fourth-order valence-electron chi connectivity index (χ4n) is 1.77. The molecule has 2 rings (SSSR count). The molecule has 0 unspecified atom stereocenters. The van der Waals surface area contributed by atoms with Crippen LogP contribution in [0.4, 0.5) is 0 Å². The first kappa shape index (κ1) is 14.7. The van der Waals surface area contributed by atoms with Gasteiger partial charge in [0.25, 0.3) is 0 Å². The summed E-state index contributed by atoms with van der Waals surface area (Å²) in [7, 11) is 3.02. The summed E-state index contributed by atoms with van der Waals surface area (Å²) < 4.78 is 20.9. The summed E-state index contributed by atoms with van der Waals surface area (Å²) in [6.45, 7) is 1.99. The molecule has 0 aliphatic rings. The summed E-state index contributed by atoms with van der Waals surface area (Å²) in [5.41, 5.74) is 0.196. The lowest BCUT2D eigenvalue weighted by molar-refractivity contribution is 0.0683. The lowest BCUT2D eigenvalue weighted by Crippen LogP contribution is -2.01. The van der Waals surface area contributed by atoms with Gasteiger partial charge in [0.1, 0.15) is 11.5 Å². The molecule has 21 heavy (non-hydrogen) atoms. The van der Waals surface area contributed by atoms with Gasteiger partial charge < -0.3 is 23.7 Å². The van der Waals surface area contributed by atoms with Crippen molar-refractivity contribution in [3.63, 3.8) is 0 Å². The van der Waals surface area contributed by atoms with Gasteiger partial charge in [-0.3, -0.25) is 0 Å². The lowest BCUT2D eigenvalue weighted by Gasteiger charge is -2.07. The molecule has 0 aliphatic carbocycles. The van der Waals surface area contributed by atoms with Crippen LogP contribution in [0.3, 0.4) is 0 Å². The first-order valence-corrected chi connectivity index (χ1v) is 6.20. The highest BCUT2D eigenvalue weighted by atomic mass is 16.6. The maximum atomic E-state index is 11.2. The Kier molecular flexibility index (Phi) is 4.32. The van der Waals surface area contributed by atoms with Crippen molar-refractivity contribution in [3.05, 3.63) is 23.9 Å². The largest absolute Gasteiger partial charge is 0.497 e. The Hall–Kier alpha value is -2.70. The molecule has 1 aromatic heterocycles. The molecule has 0 aliphatic heterocycles. The van der Waals surface area contributed by atoms with Gasteiger partial charge in [-0.2, -0.15) is 4.98 Å². The molecule has 0 amide bonds. The van der Waals surface area contributed by atoms with Gasteiger partial charge in [0.15, 0.2) is 0 Å². The third-order valence-corrected chi connectivity index (χ3v) is 2.71. The van der Waals surface area contributed by atoms with Crippen LogP contribution in [0.25, 0.3) is 11.5 Å². The van der Waals surface area contributed by atoms with E-state index in [2.05, 4.69) is 4.98 Å². The van der Waals surface area contributed by atoms with Crippen LogP contribution in [0, 0.1) is 0 Å². The van der Waals surface area contributed by atoms with Gasteiger partial charge in [-0.25, -0.2) is 4.79 Å². The monoisotopic (exact) mass is 293 g/mol. The molecular formula is C14H15NO6. The summed E-state index contributed by atoms with van der Waals surface area (Å²) in [6.07, 6.45) is 0. The number of carbonyl (C=O) groups is 1. The van der Waals surface area contributed by atoms with Crippen LogP contribution >= 0.6 is 0 Å². The van der Waals surface area contributed by atoms with E-state index in [0.29, 0.717) is 17.1 Å². The van der Waals surface area contributed by atoms with E-state index < -0.39 is 5.97 Å². The summed E-state index contributed by atoms with van der Waals surface area (Å²) in [5, 5.41) is 9.12. The smallest absolute Gasteiger partial charge is 0.362 e. The Morgan fingerprint density at radius 2 is 2.10 bits per heavy atom. The highest BCUT2D eigenvalue weighted by Gasteiger charge is 2.23. The Morgan fingerprint density at radius 3 is 2.67 bits per heavy atom. The van der Waals surface area contributed by atoms with Crippen LogP contribution in [0.15, 0.2) is 22.6 Å². The highest BCUT2D eigenvalue weighted by Crippen LogP contribution is 2.35. The molecule has 112 valence electrons. The fourth-order valence-corrected chi connectivity index (χ4v) is 1.77. The number of benzene rings is 1. The first-order valence-electron chi connectivity index (χ1n) is 6.20. The number of aromatic carboxylic acids is 1. The molecule has 0 fully saturated rings. The Balaban J connectivity index is 2.55. The second-order valence-electron chi connectivity index (χ2n) is 3.96. The zero-order valence-corrected chi connectivity index (χ0v) is 11.9. The van der Waals surface area contributed by atoms with Crippen LogP contribution in [-0.2, 0) is 0 Å². The number of aromatic nitrogens is 1. The Bertz CT molecular complexity index is 649. The topological polar surface area (TPSA) is 91.0 Å². The molecule has 7 heteroatoms. The second kappa shape index (κ2) is 6.17. The number of oxazole rings is 1. The van der Waals surface area contributed by atoms with Crippen molar-refractivity contribution in [1.82, 2.24) is 4.98 Å². The zero-order chi connectivity index (χ0) is 15.4. The third-order valence-electron chi connectivity index (χ3n) is 2.71. The van der Waals surface area contributed by atoms with E-state index in [1.165, 1.54) is 14.2 Å². The van der Waals surface area contributed by atoms with Crippen LogP contribution in [0.1, 0.15) is 17.4 Å². The number of hydrogen-bond donors (Lipinski definition) is 1. The van der Waals surface area contributed by atoms with E-state index in [1.807, 2.05) is 0 Å². The van der Waals surface area contributed by atoms with Crippen molar-refractivity contribution in [2.45, 2.75) is 6.92 Å². The predicted octanol–water partition coefficient (Wildman–Crippen LogP) is 2.46. The second-order valence-corrected chi connectivity index (χ2v) is 3.96. The minimum Gasteiger partial charge on any atom is -0.497 e. The van der Waals surface area contributed by atoms with E-state index in [4.69, 9.17) is 23.7 Å². The van der Waals surface area contributed by atoms with Gasteiger partial charge in [0.2, 0.25) is 11.6 Å². The molecular weight excluding hydrogens is 278 g/mol. The lowest BCUT2D eigenvalue weighted by atomic mass is 10.2.